The van der Waals surface area contributed by atoms with Crippen molar-refractivity contribution >= 4 is 37.6 Å². The van der Waals surface area contributed by atoms with Gasteiger partial charge in [-0.1, -0.05) is 23.7 Å². The summed E-state index contributed by atoms with van der Waals surface area (Å²) in [6.07, 6.45) is -2.79. The zero-order valence-corrected chi connectivity index (χ0v) is 16.1. The average molecular weight is 463 g/mol. The molecule has 0 aliphatic rings. The number of sulfonamides is 1. The van der Waals surface area contributed by atoms with Crippen molar-refractivity contribution in [3.8, 4) is 16.9 Å². The van der Waals surface area contributed by atoms with Crippen LogP contribution in [0.4, 0.5) is 8.78 Å². The maximum absolute atomic E-state index is 13.3. The summed E-state index contributed by atoms with van der Waals surface area (Å²) < 4.78 is 50.8. The van der Waals surface area contributed by atoms with Crippen LogP contribution in [0.25, 0.3) is 16.9 Å². The van der Waals surface area contributed by atoms with Crippen molar-refractivity contribution in [2.24, 2.45) is 5.14 Å². The average Bonchev–Trinajstić information content (AvgIpc) is 2.92. The lowest BCUT2D eigenvalue weighted by atomic mass is 10.1. The second-order valence-corrected chi connectivity index (χ2v) is 8.10. The van der Waals surface area contributed by atoms with Crippen molar-refractivity contribution in [2.75, 3.05) is 0 Å². The van der Waals surface area contributed by atoms with Crippen molar-refractivity contribution in [1.29, 1.82) is 0 Å². The standard InChI is InChI=1S/C16H11BrClF2N3O2S/c17-13-14(16(19)20)22-23(15(13)9-1-3-10(18)4-2-9)11-5-7-12(8-6-11)26(21,24)25/h1-8,16H,(H2,21,24,25). The Labute approximate surface area is 161 Å². The molecule has 0 atom stereocenters. The smallest absolute Gasteiger partial charge is 0.231 e. The van der Waals surface area contributed by atoms with Gasteiger partial charge in [-0.2, -0.15) is 5.10 Å². The van der Waals surface area contributed by atoms with Gasteiger partial charge in [-0.3, -0.25) is 0 Å². The van der Waals surface area contributed by atoms with E-state index in [-0.39, 0.29) is 9.37 Å². The van der Waals surface area contributed by atoms with Crippen molar-refractivity contribution in [3.05, 3.63) is 63.7 Å². The Morgan fingerprint density at radius 3 is 2.15 bits per heavy atom. The fourth-order valence-corrected chi connectivity index (χ4v) is 3.67. The summed E-state index contributed by atoms with van der Waals surface area (Å²) in [5.41, 5.74) is 0.969. The van der Waals surface area contributed by atoms with Gasteiger partial charge in [0.1, 0.15) is 5.69 Å². The van der Waals surface area contributed by atoms with Crippen molar-refractivity contribution < 1.29 is 17.2 Å². The second kappa shape index (κ2) is 7.07. The normalized spacial score (nSPS) is 11.9. The fraction of sp³-hybridized carbons (Fsp3) is 0.0625. The molecule has 10 heteroatoms. The van der Waals surface area contributed by atoms with E-state index < -0.39 is 22.1 Å². The number of hydrogen-bond donors (Lipinski definition) is 1. The van der Waals surface area contributed by atoms with Gasteiger partial charge in [0.2, 0.25) is 10.0 Å². The minimum absolute atomic E-state index is 0.0883. The quantitative estimate of drug-likeness (QED) is 0.618. The van der Waals surface area contributed by atoms with E-state index >= 15 is 0 Å². The Kier molecular flexibility index (Phi) is 5.16. The molecule has 0 aliphatic carbocycles. The third-order valence-corrected chi connectivity index (χ3v) is 5.55. The molecule has 0 fully saturated rings. The molecule has 0 radical (unpaired) electrons. The van der Waals surface area contributed by atoms with Crippen molar-refractivity contribution in [3.63, 3.8) is 0 Å². The first kappa shape index (κ1) is 19.0. The number of nitrogens with zero attached hydrogens (tertiary/aromatic N) is 2. The molecule has 0 spiro atoms. The van der Waals surface area contributed by atoms with E-state index in [4.69, 9.17) is 16.7 Å². The Morgan fingerprint density at radius 2 is 1.65 bits per heavy atom. The minimum atomic E-state index is -3.86. The largest absolute Gasteiger partial charge is 0.283 e. The van der Waals surface area contributed by atoms with E-state index in [0.717, 1.165) is 0 Å². The number of alkyl halides is 2. The molecule has 5 nitrogen and oxygen atoms in total. The maximum atomic E-state index is 13.3. The van der Waals surface area contributed by atoms with E-state index in [1.165, 1.54) is 28.9 Å². The molecule has 136 valence electrons. The molecule has 1 aromatic heterocycles. The maximum Gasteiger partial charge on any atom is 0.283 e. The highest BCUT2D eigenvalue weighted by atomic mass is 79.9. The highest BCUT2D eigenvalue weighted by Gasteiger charge is 2.24. The molecule has 0 amide bonds. The first-order chi connectivity index (χ1) is 12.2. The van der Waals surface area contributed by atoms with Crippen LogP contribution in [0, 0.1) is 0 Å². The number of aromatic nitrogens is 2. The molecule has 0 unspecified atom stereocenters. The molecule has 0 aliphatic heterocycles. The van der Waals surface area contributed by atoms with Crippen LogP contribution in [0.15, 0.2) is 57.9 Å². The van der Waals surface area contributed by atoms with Gasteiger partial charge in [0.05, 0.1) is 20.7 Å². The Morgan fingerprint density at radius 1 is 1.08 bits per heavy atom. The summed E-state index contributed by atoms with van der Waals surface area (Å²) in [4.78, 5) is -0.0883. The molecular weight excluding hydrogens is 452 g/mol. The van der Waals surface area contributed by atoms with Gasteiger partial charge in [0.15, 0.2) is 0 Å². The van der Waals surface area contributed by atoms with Gasteiger partial charge in [-0.15, -0.1) is 0 Å². The van der Waals surface area contributed by atoms with Gasteiger partial charge >= 0.3 is 0 Å². The molecule has 2 aromatic carbocycles. The SMILES string of the molecule is NS(=O)(=O)c1ccc(-n2nc(C(F)F)c(Br)c2-c2ccc(Cl)cc2)cc1. The van der Waals surface area contributed by atoms with Crippen LogP contribution in [0.2, 0.25) is 5.02 Å². The molecule has 0 saturated heterocycles. The zero-order chi connectivity index (χ0) is 19.1. The van der Waals surface area contributed by atoms with E-state index in [2.05, 4.69) is 21.0 Å². The minimum Gasteiger partial charge on any atom is -0.231 e. The van der Waals surface area contributed by atoms with Crippen LogP contribution in [0.5, 0.6) is 0 Å². The molecule has 1 heterocycles. The summed E-state index contributed by atoms with van der Waals surface area (Å²) in [5, 5.41) is 9.56. The number of primary sulfonamides is 1. The summed E-state index contributed by atoms with van der Waals surface area (Å²) >= 11 is 9.08. The third-order valence-electron chi connectivity index (χ3n) is 3.59. The van der Waals surface area contributed by atoms with Gasteiger partial charge in [-0.05, 0) is 52.3 Å². The van der Waals surface area contributed by atoms with Gasteiger partial charge in [-0.25, -0.2) is 27.0 Å². The summed E-state index contributed by atoms with van der Waals surface area (Å²) in [5.74, 6) is 0. The van der Waals surface area contributed by atoms with E-state index in [1.54, 1.807) is 24.3 Å². The number of nitrogens with two attached hydrogens (primary N) is 1. The highest BCUT2D eigenvalue weighted by Crippen LogP contribution is 2.37. The molecular formula is C16H11BrClF2N3O2S. The monoisotopic (exact) mass is 461 g/mol. The summed E-state index contributed by atoms with van der Waals surface area (Å²) in [6, 6.07) is 12.1. The Hall–Kier alpha value is -1.81. The van der Waals surface area contributed by atoms with E-state index in [0.29, 0.717) is 22.0 Å². The zero-order valence-electron chi connectivity index (χ0n) is 12.9. The van der Waals surface area contributed by atoms with Crippen molar-refractivity contribution in [1.82, 2.24) is 9.78 Å². The summed E-state index contributed by atoms with van der Waals surface area (Å²) in [6.45, 7) is 0. The van der Waals surface area contributed by atoms with Crippen molar-refractivity contribution in [2.45, 2.75) is 11.3 Å². The fourth-order valence-electron chi connectivity index (χ4n) is 2.38. The Bertz CT molecular complexity index is 1050. The van der Waals surface area contributed by atoms with Crippen LogP contribution in [-0.4, -0.2) is 18.2 Å². The van der Waals surface area contributed by atoms with Crippen LogP contribution < -0.4 is 5.14 Å². The molecule has 0 bridgehead atoms. The van der Waals surface area contributed by atoms with Crippen LogP contribution in [0.3, 0.4) is 0 Å². The van der Waals surface area contributed by atoms with Crippen LogP contribution in [-0.2, 0) is 10.0 Å². The van der Waals surface area contributed by atoms with Gasteiger partial charge < -0.3 is 0 Å². The molecule has 3 rings (SSSR count). The van der Waals surface area contributed by atoms with Gasteiger partial charge in [0.25, 0.3) is 6.43 Å². The number of halogens is 4. The lowest BCUT2D eigenvalue weighted by Crippen LogP contribution is -2.12. The predicted molar refractivity (Wildman–Crippen MR) is 98.0 cm³/mol. The molecule has 26 heavy (non-hydrogen) atoms. The summed E-state index contributed by atoms with van der Waals surface area (Å²) in [7, 11) is -3.86. The molecule has 2 N–H and O–H groups in total. The predicted octanol–water partition coefficient (Wildman–Crippen LogP) is 4.54. The van der Waals surface area contributed by atoms with Crippen LogP contribution in [0.1, 0.15) is 12.1 Å². The van der Waals surface area contributed by atoms with E-state index in [1.807, 2.05) is 0 Å². The first-order valence-electron chi connectivity index (χ1n) is 7.14. The van der Waals surface area contributed by atoms with E-state index in [9.17, 15) is 17.2 Å². The topological polar surface area (TPSA) is 78.0 Å². The lowest BCUT2D eigenvalue weighted by Gasteiger charge is -2.09. The molecule has 0 saturated carbocycles. The van der Waals surface area contributed by atoms with Crippen LogP contribution >= 0.6 is 27.5 Å². The Balaban J connectivity index is 2.20. The van der Waals surface area contributed by atoms with Gasteiger partial charge in [0, 0.05) is 10.6 Å². The second-order valence-electron chi connectivity index (χ2n) is 5.31. The number of rotatable bonds is 4. The number of benzene rings is 2. The number of hydrogen-bond acceptors (Lipinski definition) is 3. The third kappa shape index (κ3) is 3.66. The molecule has 3 aromatic rings. The lowest BCUT2D eigenvalue weighted by molar-refractivity contribution is 0.144. The first-order valence-corrected chi connectivity index (χ1v) is 9.86. The highest BCUT2D eigenvalue weighted by molar-refractivity contribution is 9.10.